The summed E-state index contributed by atoms with van der Waals surface area (Å²) in [6.45, 7) is 0.924. The van der Waals surface area contributed by atoms with E-state index in [0.29, 0.717) is 12.1 Å². The van der Waals surface area contributed by atoms with Crippen molar-refractivity contribution in [1.29, 1.82) is 0 Å². The molecule has 1 aromatic rings. The summed E-state index contributed by atoms with van der Waals surface area (Å²) < 4.78 is 13.6. The number of Topliss-reactive ketones (excluding diaryl/α,β-unsaturated/α-hetero) is 1. The SMILES string of the molecule is CC(=O)Cc1cc(CF)nn1C. The van der Waals surface area contributed by atoms with Crippen LogP contribution in [0.15, 0.2) is 6.07 Å². The minimum atomic E-state index is -0.578. The van der Waals surface area contributed by atoms with Crippen LogP contribution in [-0.4, -0.2) is 15.6 Å². The normalized spacial score (nSPS) is 10.2. The van der Waals surface area contributed by atoms with Gasteiger partial charge in [-0.1, -0.05) is 0 Å². The topological polar surface area (TPSA) is 34.9 Å². The van der Waals surface area contributed by atoms with Crippen LogP contribution in [0.2, 0.25) is 0 Å². The Morgan fingerprint density at radius 2 is 2.42 bits per heavy atom. The molecule has 12 heavy (non-hydrogen) atoms. The quantitative estimate of drug-likeness (QED) is 0.678. The van der Waals surface area contributed by atoms with Crippen LogP contribution in [0.25, 0.3) is 0 Å². The monoisotopic (exact) mass is 170 g/mol. The molecule has 66 valence electrons. The molecule has 0 bridgehead atoms. The van der Waals surface area contributed by atoms with Crippen LogP contribution < -0.4 is 0 Å². The molecule has 3 nitrogen and oxygen atoms in total. The van der Waals surface area contributed by atoms with Crippen molar-refractivity contribution in [3.8, 4) is 0 Å². The highest BCUT2D eigenvalue weighted by Crippen LogP contribution is 2.05. The number of nitrogens with zero attached hydrogens (tertiary/aromatic N) is 2. The minimum Gasteiger partial charge on any atom is -0.300 e. The lowest BCUT2D eigenvalue weighted by molar-refractivity contribution is -0.116. The number of ketones is 1. The summed E-state index contributed by atoms with van der Waals surface area (Å²) >= 11 is 0. The van der Waals surface area contributed by atoms with Crippen molar-refractivity contribution in [2.75, 3.05) is 0 Å². The minimum absolute atomic E-state index is 0.0587. The Kier molecular flexibility index (Phi) is 2.58. The Hall–Kier alpha value is -1.19. The molecule has 0 fully saturated rings. The third kappa shape index (κ3) is 1.90. The number of carbonyl (C=O) groups is 1. The van der Waals surface area contributed by atoms with Gasteiger partial charge in [0, 0.05) is 19.2 Å². The van der Waals surface area contributed by atoms with E-state index in [9.17, 15) is 9.18 Å². The van der Waals surface area contributed by atoms with Crippen molar-refractivity contribution in [1.82, 2.24) is 9.78 Å². The van der Waals surface area contributed by atoms with Crippen molar-refractivity contribution in [2.45, 2.75) is 20.0 Å². The molecule has 0 N–H and O–H groups in total. The highest BCUT2D eigenvalue weighted by atomic mass is 19.1. The number of aromatic nitrogens is 2. The lowest BCUT2D eigenvalue weighted by Gasteiger charge is -1.95. The predicted molar refractivity (Wildman–Crippen MR) is 42.4 cm³/mol. The lowest BCUT2D eigenvalue weighted by Crippen LogP contribution is -2.03. The third-order valence-electron chi connectivity index (χ3n) is 1.59. The Morgan fingerprint density at radius 1 is 1.75 bits per heavy atom. The fourth-order valence-electron chi connectivity index (χ4n) is 1.06. The van der Waals surface area contributed by atoms with Crippen molar-refractivity contribution in [2.24, 2.45) is 7.05 Å². The van der Waals surface area contributed by atoms with Crippen LogP contribution in [-0.2, 0) is 24.9 Å². The van der Waals surface area contributed by atoms with Crippen LogP contribution in [0.3, 0.4) is 0 Å². The maximum atomic E-state index is 12.1. The van der Waals surface area contributed by atoms with Gasteiger partial charge in [-0.25, -0.2) is 4.39 Å². The van der Waals surface area contributed by atoms with Gasteiger partial charge in [0.05, 0.1) is 5.69 Å². The summed E-state index contributed by atoms with van der Waals surface area (Å²) in [6.07, 6.45) is 0.323. The highest BCUT2D eigenvalue weighted by molar-refractivity contribution is 5.77. The fourth-order valence-corrected chi connectivity index (χ4v) is 1.06. The molecule has 1 rings (SSSR count). The van der Waals surface area contributed by atoms with Gasteiger partial charge in [-0.05, 0) is 13.0 Å². The van der Waals surface area contributed by atoms with Gasteiger partial charge in [-0.2, -0.15) is 5.10 Å². The van der Waals surface area contributed by atoms with E-state index in [-0.39, 0.29) is 5.78 Å². The van der Waals surface area contributed by atoms with Crippen molar-refractivity contribution >= 4 is 5.78 Å². The van der Waals surface area contributed by atoms with Crippen LogP contribution in [0, 0.1) is 0 Å². The van der Waals surface area contributed by atoms with E-state index < -0.39 is 6.67 Å². The highest BCUT2D eigenvalue weighted by Gasteiger charge is 2.06. The first-order valence-electron chi connectivity index (χ1n) is 3.70. The molecular weight excluding hydrogens is 159 g/mol. The van der Waals surface area contributed by atoms with Crippen LogP contribution >= 0.6 is 0 Å². The van der Waals surface area contributed by atoms with Gasteiger partial charge >= 0.3 is 0 Å². The standard InChI is InChI=1S/C8H11FN2O/c1-6(12)3-8-4-7(5-9)10-11(8)2/h4H,3,5H2,1-2H3. The average molecular weight is 170 g/mol. The van der Waals surface area contributed by atoms with Crippen molar-refractivity contribution in [3.05, 3.63) is 17.5 Å². The molecule has 0 aliphatic rings. The van der Waals surface area contributed by atoms with Gasteiger partial charge in [-0.3, -0.25) is 9.48 Å². The lowest BCUT2D eigenvalue weighted by atomic mass is 10.2. The number of rotatable bonds is 3. The zero-order chi connectivity index (χ0) is 9.14. The first kappa shape index (κ1) is 8.90. The maximum Gasteiger partial charge on any atom is 0.135 e. The van der Waals surface area contributed by atoms with E-state index in [4.69, 9.17) is 0 Å². The second-order valence-corrected chi connectivity index (χ2v) is 2.76. The number of aryl methyl sites for hydroxylation is 1. The number of hydrogen-bond donors (Lipinski definition) is 0. The average Bonchev–Trinajstić information content (AvgIpc) is 2.31. The van der Waals surface area contributed by atoms with Gasteiger partial charge in [0.25, 0.3) is 0 Å². The van der Waals surface area contributed by atoms with E-state index in [0.717, 1.165) is 5.69 Å². The van der Waals surface area contributed by atoms with Crippen molar-refractivity contribution in [3.63, 3.8) is 0 Å². The Morgan fingerprint density at radius 3 is 2.83 bits per heavy atom. The van der Waals surface area contributed by atoms with E-state index in [1.54, 1.807) is 13.1 Å². The Labute approximate surface area is 70.2 Å². The molecule has 0 amide bonds. The van der Waals surface area contributed by atoms with Gasteiger partial charge < -0.3 is 0 Å². The zero-order valence-electron chi connectivity index (χ0n) is 7.17. The molecule has 1 aromatic heterocycles. The van der Waals surface area contributed by atoms with E-state index >= 15 is 0 Å². The molecule has 0 saturated heterocycles. The van der Waals surface area contributed by atoms with Gasteiger partial charge in [-0.15, -0.1) is 0 Å². The molecule has 0 aliphatic heterocycles. The fraction of sp³-hybridized carbons (Fsp3) is 0.500. The molecule has 4 heteroatoms. The first-order valence-corrected chi connectivity index (χ1v) is 3.70. The van der Waals surface area contributed by atoms with E-state index in [1.807, 2.05) is 0 Å². The van der Waals surface area contributed by atoms with Crippen LogP contribution in [0.5, 0.6) is 0 Å². The molecule has 0 spiro atoms. The molecular formula is C8H11FN2O. The van der Waals surface area contributed by atoms with Crippen LogP contribution in [0.1, 0.15) is 18.3 Å². The number of halogens is 1. The molecule has 0 radical (unpaired) electrons. The number of hydrogen-bond acceptors (Lipinski definition) is 2. The van der Waals surface area contributed by atoms with Crippen molar-refractivity contribution < 1.29 is 9.18 Å². The number of alkyl halides is 1. The summed E-state index contributed by atoms with van der Waals surface area (Å²) in [4.78, 5) is 10.7. The molecule has 0 aliphatic carbocycles. The van der Waals surface area contributed by atoms with Gasteiger partial charge in [0.15, 0.2) is 0 Å². The molecule has 0 unspecified atom stereocenters. The maximum absolute atomic E-state index is 12.1. The summed E-state index contributed by atoms with van der Waals surface area (Å²) in [5.74, 6) is 0.0587. The second-order valence-electron chi connectivity index (χ2n) is 2.76. The Balaban J connectivity index is 2.84. The first-order chi connectivity index (χ1) is 5.63. The Bertz CT molecular complexity index is 293. The second kappa shape index (κ2) is 3.47. The smallest absolute Gasteiger partial charge is 0.135 e. The summed E-state index contributed by atoms with van der Waals surface area (Å²) in [6, 6.07) is 1.61. The molecule has 0 saturated carbocycles. The largest absolute Gasteiger partial charge is 0.300 e. The molecule has 1 heterocycles. The molecule has 0 atom stereocenters. The van der Waals surface area contributed by atoms with Crippen LogP contribution in [0.4, 0.5) is 4.39 Å². The van der Waals surface area contributed by atoms with Gasteiger partial charge in [0.1, 0.15) is 12.5 Å². The summed E-state index contributed by atoms with van der Waals surface area (Å²) in [7, 11) is 1.71. The predicted octanol–water partition coefficient (Wildman–Crippen LogP) is 1.02. The summed E-state index contributed by atoms with van der Waals surface area (Å²) in [5.41, 5.74) is 1.14. The zero-order valence-corrected chi connectivity index (χ0v) is 7.17. The third-order valence-corrected chi connectivity index (χ3v) is 1.59. The molecule has 0 aromatic carbocycles. The van der Waals surface area contributed by atoms with E-state index in [1.165, 1.54) is 11.6 Å². The van der Waals surface area contributed by atoms with E-state index in [2.05, 4.69) is 5.10 Å². The van der Waals surface area contributed by atoms with Gasteiger partial charge in [0.2, 0.25) is 0 Å². The number of carbonyl (C=O) groups excluding carboxylic acids is 1. The summed E-state index contributed by atoms with van der Waals surface area (Å²) in [5, 5.41) is 3.87.